The average molecular weight is 268 g/mol. The summed E-state index contributed by atoms with van der Waals surface area (Å²) in [5.41, 5.74) is -0.214. The van der Waals surface area contributed by atoms with Crippen molar-refractivity contribution in [2.24, 2.45) is 0 Å². The first-order valence-electron chi connectivity index (χ1n) is 6.69. The average Bonchev–Trinajstić information content (AvgIpc) is 2.28. The molecule has 5 heteroatoms. The summed E-state index contributed by atoms with van der Waals surface area (Å²) < 4.78 is 13.4. The predicted octanol–water partition coefficient (Wildman–Crippen LogP) is 1.77. The first-order chi connectivity index (χ1) is 8.88. The highest BCUT2D eigenvalue weighted by Crippen LogP contribution is 2.05. The van der Waals surface area contributed by atoms with Gasteiger partial charge in [-0.1, -0.05) is 0 Å². The van der Waals surface area contributed by atoms with Crippen LogP contribution in [0.5, 0.6) is 0 Å². The first-order valence-corrected chi connectivity index (χ1v) is 6.69. The van der Waals surface area contributed by atoms with E-state index in [1.54, 1.807) is 6.20 Å². The third-order valence-electron chi connectivity index (χ3n) is 2.57. The molecular weight excluding hydrogens is 244 g/mol. The second-order valence-electron chi connectivity index (χ2n) is 5.15. The van der Waals surface area contributed by atoms with Crippen LogP contribution in [0.15, 0.2) is 17.1 Å². The maximum atomic E-state index is 11.1. The summed E-state index contributed by atoms with van der Waals surface area (Å²) in [6.45, 7) is 11.0. The molecule has 1 aromatic heterocycles. The van der Waals surface area contributed by atoms with Crippen molar-refractivity contribution in [2.75, 3.05) is 6.61 Å². The van der Waals surface area contributed by atoms with Crippen molar-refractivity contribution >= 4 is 0 Å². The van der Waals surface area contributed by atoms with Gasteiger partial charge < -0.3 is 14.0 Å². The van der Waals surface area contributed by atoms with Gasteiger partial charge in [0.15, 0.2) is 0 Å². The van der Waals surface area contributed by atoms with E-state index < -0.39 is 0 Å². The van der Waals surface area contributed by atoms with Crippen LogP contribution in [0, 0.1) is 6.92 Å². The van der Waals surface area contributed by atoms with E-state index in [1.807, 2.05) is 39.2 Å². The van der Waals surface area contributed by atoms with Crippen LogP contribution in [0.1, 0.15) is 33.5 Å². The second kappa shape index (κ2) is 7.40. The summed E-state index contributed by atoms with van der Waals surface area (Å²) in [6.07, 6.45) is 2.00. The van der Waals surface area contributed by atoms with Crippen molar-refractivity contribution in [3.63, 3.8) is 0 Å². The Bertz CT molecular complexity index is 441. The Kier molecular flexibility index (Phi) is 6.18. The molecule has 0 aliphatic carbocycles. The summed E-state index contributed by atoms with van der Waals surface area (Å²) in [5.74, 6) is 0.689. The highest BCUT2D eigenvalue weighted by molar-refractivity contribution is 4.91. The zero-order chi connectivity index (χ0) is 14.4. The SMILES string of the molecule is Cc1nc(=O)ccn1CC(COC(C)C)OC(C)C. The molecule has 0 fully saturated rings. The van der Waals surface area contributed by atoms with Gasteiger partial charge in [-0.15, -0.1) is 0 Å². The lowest BCUT2D eigenvalue weighted by Crippen LogP contribution is -2.31. The Balaban J connectivity index is 2.72. The van der Waals surface area contributed by atoms with Crippen molar-refractivity contribution < 1.29 is 9.47 Å². The van der Waals surface area contributed by atoms with Crippen molar-refractivity contribution in [1.29, 1.82) is 0 Å². The van der Waals surface area contributed by atoms with Gasteiger partial charge in [-0.05, 0) is 34.6 Å². The smallest absolute Gasteiger partial charge is 0.272 e. The number of aromatic nitrogens is 2. The molecule has 0 bridgehead atoms. The maximum absolute atomic E-state index is 11.1. The van der Waals surface area contributed by atoms with E-state index >= 15 is 0 Å². The van der Waals surface area contributed by atoms with Gasteiger partial charge in [0.05, 0.1) is 31.5 Å². The molecule has 1 atom stereocenters. The van der Waals surface area contributed by atoms with E-state index in [0.29, 0.717) is 19.0 Å². The largest absolute Gasteiger partial charge is 0.376 e. The Morgan fingerprint density at radius 3 is 2.47 bits per heavy atom. The molecule has 0 N–H and O–H groups in total. The molecule has 0 amide bonds. The molecule has 0 saturated heterocycles. The highest BCUT2D eigenvalue weighted by Gasteiger charge is 2.14. The van der Waals surface area contributed by atoms with Gasteiger partial charge >= 0.3 is 0 Å². The minimum atomic E-state index is -0.214. The Labute approximate surface area is 114 Å². The number of ether oxygens (including phenoxy) is 2. The molecule has 1 aromatic rings. The van der Waals surface area contributed by atoms with E-state index in [2.05, 4.69) is 4.98 Å². The molecular formula is C14H24N2O3. The highest BCUT2D eigenvalue weighted by atomic mass is 16.5. The van der Waals surface area contributed by atoms with Gasteiger partial charge in [-0.3, -0.25) is 4.79 Å². The number of nitrogens with zero attached hydrogens (tertiary/aromatic N) is 2. The third-order valence-corrected chi connectivity index (χ3v) is 2.57. The van der Waals surface area contributed by atoms with Crippen molar-refractivity contribution in [3.8, 4) is 0 Å². The standard InChI is InChI=1S/C14H24N2O3/c1-10(2)18-9-13(19-11(3)4)8-16-7-6-14(17)15-12(16)5/h6-7,10-11,13H,8-9H2,1-5H3. The van der Waals surface area contributed by atoms with E-state index in [0.717, 1.165) is 0 Å². The van der Waals surface area contributed by atoms with Gasteiger partial charge in [0.2, 0.25) is 0 Å². The van der Waals surface area contributed by atoms with Crippen LogP contribution in [-0.2, 0) is 16.0 Å². The normalized spacial score (nSPS) is 13.2. The van der Waals surface area contributed by atoms with Crippen molar-refractivity contribution in [3.05, 3.63) is 28.4 Å². The van der Waals surface area contributed by atoms with Gasteiger partial charge in [0, 0.05) is 12.3 Å². The summed E-state index contributed by atoms with van der Waals surface area (Å²) in [7, 11) is 0. The van der Waals surface area contributed by atoms with Crippen LogP contribution in [0.3, 0.4) is 0 Å². The van der Waals surface area contributed by atoms with Crippen LogP contribution in [0.4, 0.5) is 0 Å². The molecule has 1 rings (SSSR count). The third kappa shape index (κ3) is 5.98. The second-order valence-corrected chi connectivity index (χ2v) is 5.15. The summed E-state index contributed by atoms with van der Waals surface area (Å²) >= 11 is 0. The predicted molar refractivity (Wildman–Crippen MR) is 74.3 cm³/mol. The van der Waals surface area contributed by atoms with E-state index in [4.69, 9.17) is 9.47 Å². The number of hydrogen-bond donors (Lipinski definition) is 0. The Morgan fingerprint density at radius 2 is 1.95 bits per heavy atom. The molecule has 19 heavy (non-hydrogen) atoms. The zero-order valence-electron chi connectivity index (χ0n) is 12.4. The quantitative estimate of drug-likeness (QED) is 0.756. The minimum absolute atomic E-state index is 0.0506. The fourth-order valence-electron chi connectivity index (χ4n) is 1.75. The zero-order valence-corrected chi connectivity index (χ0v) is 12.4. The lowest BCUT2D eigenvalue weighted by atomic mass is 10.3. The lowest BCUT2D eigenvalue weighted by molar-refractivity contribution is -0.0651. The van der Waals surface area contributed by atoms with E-state index in [9.17, 15) is 4.79 Å². The van der Waals surface area contributed by atoms with Crippen LogP contribution < -0.4 is 5.56 Å². The maximum Gasteiger partial charge on any atom is 0.272 e. The number of aryl methyl sites for hydroxylation is 1. The van der Waals surface area contributed by atoms with Crippen LogP contribution in [0.25, 0.3) is 0 Å². The van der Waals surface area contributed by atoms with Gasteiger partial charge in [-0.25, -0.2) is 0 Å². The Hall–Kier alpha value is -1.20. The van der Waals surface area contributed by atoms with E-state index in [-0.39, 0.29) is 23.9 Å². The number of hydrogen-bond acceptors (Lipinski definition) is 4. The molecule has 1 unspecified atom stereocenters. The summed E-state index contributed by atoms with van der Waals surface area (Å²) in [6, 6.07) is 1.46. The minimum Gasteiger partial charge on any atom is -0.376 e. The molecule has 108 valence electrons. The molecule has 0 radical (unpaired) electrons. The summed E-state index contributed by atoms with van der Waals surface area (Å²) in [4.78, 5) is 15.1. The first kappa shape index (κ1) is 15.9. The van der Waals surface area contributed by atoms with Gasteiger partial charge in [0.25, 0.3) is 5.56 Å². The van der Waals surface area contributed by atoms with Gasteiger partial charge in [0.1, 0.15) is 5.82 Å². The topological polar surface area (TPSA) is 53.4 Å². The van der Waals surface area contributed by atoms with Crippen molar-refractivity contribution in [2.45, 2.75) is 59.5 Å². The summed E-state index contributed by atoms with van der Waals surface area (Å²) in [5, 5.41) is 0. The monoisotopic (exact) mass is 268 g/mol. The lowest BCUT2D eigenvalue weighted by Gasteiger charge is -2.23. The van der Waals surface area contributed by atoms with Crippen LogP contribution in [0.2, 0.25) is 0 Å². The van der Waals surface area contributed by atoms with Crippen molar-refractivity contribution in [1.82, 2.24) is 9.55 Å². The van der Waals surface area contributed by atoms with E-state index in [1.165, 1.54) is 6.07 Å². The fourth-order valence-corrected chi connectivity index (χ4v) is 1.75. The van der Waals surface area contributed by atoms with Crippen LogP contribution >= 0.6 is 0 Å². The molecule has 1 heterocycles. The molecule has 0 aromatic carbocycles. The van der Waals surface area contributed by atoms with Gasteiger partial charge in [-0.2, -0.15) is 4.98 Å². The molecule has 0 spiro atoms. The molecule has 0 saturated carbocycles. The molecule has 5 nitrogen and oxygen atoms in total. The number of rotatable bonds is 7. The molecule has 0 aliphatic heterocycles. The van der Waals surface area contributed by atoms with Crippen LogP contribution in [-0.4, -0.2) is 34.5 Å². The Morgan fingerprint density at radius 1 is 1.26 bits per heavy atom. The molecule has 0 aliphatic rings. The fraction of sp³-hybridized carbons (Fsp3) is 0.714.